The molecule has 1 atom stereocenters. The van der Waals surface area contributed by atoms with Gasteiger partial charge in [0.15, 0.2) is 11.5 Å². The Labute approximate surface area is 127 Å². The molecule has 0 aliphatic carbocycles. The van der Waals surface area contributed by atoms with Crippen molar-refractivity contribution >= 4 is 17.5 Å². The first kappa shape index (κ1) is 14.4. The highest BCUT2D eigenvalue weighted by atomic mass is 35.5. The molecule has 1 amide bonds. The average Bonchev–Trinajstić information content (AvgIpc) is 2.43. The van der Waals surface area contributed by atoms with Gasteiger partial charge in [-0.15, -0.1) is 0 Å². The number of carbonyl (C=O) groups excluding carboxylic acids is 1. The van der Waals surface area contributed by atoms with Crippen LogP contribution in [0.25, 0.3) is 0 Å². The van der Waals surface area contributed by atoms with Gasteiger partial charge in [-0.25, -0.2) is 0 Å². The minimum atomic E-state index is -0.838. The molecule has 2 heterocycles. The summed E-state index contributed by atoms with van der Waals surface area (Å²) in [6, 6.07) is 3.33. The fourth-order valence-electron chi connectivity index (χ4n) is 2.26. The molecule has 0 bridgehead atoms. The second-order valence-corrected chi connectivity index (χ2v) is 5.55. The molecule has 0 radical (unpaired) electrons. The van der Waals surface area contributed by atoms with Gasteiger partial charge in [-0.05, 0) is 17.7 Å². The highest BCUT2D eigenvalue weighted by Gasteiger charge is 2.25. The van der Waals surface area contributed by atoms with Crippen molar-refractivity contribution in [2.45, 2.75) is 6.10 Å². The molecule has 21 heavy (non-hydrogen) atoms. The van der Waals surface area contributed by atoms with Crippen LogP contribution >= 0.6 is 11.6 Å². The van der Waals surface area contributed by atoms with Crippen molar-refractivity contribution in [3.8, 4) is 11.5 Å². The van der Waals surface area contributed by atoms with E-state index in [0.29, 0.717) is 48.4 Å². The molecule has 6 nitrogen and oxygen atoms in total. The summed E-state index contributed by atoms with van der Waals surface area (Å²) in [7, 11) is 0. The van der Waals surface area contributed by atoms with Crippen LogP contribution in [0.4, 0.5) is 0 Å². The summed E-state index contributed by atoms with van der Waals surface area (Å²) in [5.41, 5.74) is 0.594. The lowest BCUT2D eigenvalue weighted by molar-refractivity contribution is -0.126. The van der Waals surface area contributed by atoms with E-state index in [1.165, 1.54) is 0 Å². The van der Waals surface area contributed by atoms with Crippen LogP contribution in [-0.4, -0.2) is 43.9 Å². The third-order valence-corrected chi connectivity index (χ3v) is 3.91. The quantitative estimate of drug-likeness (QED) is 0.753. The summed E-state index contributed by atoms with van der Waals surface area (Å²) < 4.78 is 10.9. The number of rotatable bonds is 4. The fourth-order valence-corrected chi connectivity index (χ4v) is 2.53. The Morgan fingerprint density at radius 1 is 1.43 bits per heavy atom. The lowest BCUT2D eigenvalue weighted by Gasteiger charge is -2.26. The Morgan fingerprint density at radius 2 is 2.19 bits per heavy atom. The summed E-state index contributed by atoms with van der Waals surface area (Å²) in [6.45, 7) is 2.44. The molecule has 0 spiro atoms. The molecule has 3 N–H and O–H groups in total. The smallest absolute Gasteiger partial charge is 0.225 e. The van der Waals surface area contributed by atoms with E-state index in [1.54, 1.807) is 12.1 Å². The average molecular weight is 313 g/mol. The third kappa shape index (κ3) is 3.07. The fraction of sp³-hybridized carbons (Fsp3) is 0.500. The zero-order valence-corrected chi connectivity index (χ0v) is 12.2. The molecular weight excluding hydrogens is 296 g/mol. The SMILES string of the molecule is O=C(NCC(O)c1cc(Cl)c2c(c1)OCCO2)C1CNC1. The van der Waals surface area contributed by atoms with E-state index in [4.69, 9.17) is 21.1 Å². The molecule has 1 saturated heterocycles. The van der Waals surface area contributed by atoms with Gasteiger partial charge in [0.25, 0.3) is 0 Å². The number of benzene rings is 1. The lowest BCUT2D eigenvalue weighted by atomic mass is 10.0. The van der Waals surface area contributed by atoms with Crippen LogP contribution in [-0.2, 0) is 4.79 Å². The molecule has 0 aromatic heterocycles. The van der Waals surface area contributed by atoms with Gasteiger partial charge >= 0.3 is 0 Å². The topological polar surface area (TPSA) is 79.8 Å². The predicted molar refractivity (Wildman–Crippen MR) is 76.8 cm³/mol. The number of halogens is 1. The maximum atomic E-state index is 11.7. The van der Waals surface area contributed by atoms with Crippen LogP contribution in [0.1, 0.15) is 11.7 Å². The molecule has 114 valence electrons. The molecule has 2 aliphatic rings. The summed E-state index contributed by atoms with van der Waals surface area (Å²) in [4.78, 5) is 11.7. The van der Waals surface area contributed by atoms with Crippen LogP contribution in [0.2, 0.25) is 5.02 Å². The van der Waals surface area contributed by atoms with Gasteiger partial charge in [-0.1, -0.05) is 11.6 Å². The zero-order chi connectivity index (χ0) is 14.8. The molecule has 1 unspecified atom stereocenters. The Kier molecular flexibility index (Phi) is 4.19. The number of aliphatic hydroxyl groups is 1. The van der Waals surface area contributed by atoms with Crippen molar-refractivity contribution in [3.05, 3.63) is 22.7 Å². The van der Waals surface area contributed by atoms with E-state index in [-0.39, 0.29) is 18.4 Å². The highest BCUT2D eigenvalue weighted by Crippen LogP contribution is 2.39. The van der Waals surface area contributed by atoms with Crippen molar-refractivity contribution < 1.29 is 19.4 Å². The van der Waals surface area contributed by atoms with Gasteiger partial charge < -0.3 is 25.2 Å². The van der Waals surface area contributed by atoms with Gasteiger partial charge in [-0.3, -0.25) is 4.79 Å². The normalized spacial score (nSPS) is 18.8. The number of aliphatic hydroxyl groups excluding tert-OH is 1. The predicted octanol–water partition coefficient (Wildman–Crippen LogP) is 0.480. The van der Waals surface area contributed by atoms with Crippen LogP contribution in [0.5, 0.6) is 11.5 Å². The van der Waals surface area contributed by atoms with Gasteiger partial charge in [0.1, 0.15) is 13.2 Å². The summed E-state index contributed by atoms with van der Waals surface area (Å²) in [5.74, 6) is 0.984. The Hall–Kier alpha value is -1.50. The van der Waals surface area contributed by atoms with E-state index < -0.39 is 6.10 Å². The Balaban J connectivity index is 1.65. The number of ether oxygens (including phenoxy) is 2. The number of amides is 1. The van der Waals surface area contributed by atoms with Crippen LogP contribution in [0.15, 0.2) is 12.1 Å². The minimum Gasteiger partial charge on any atom is -0.486 e. The van der Waals surface area contributed by atoms with Gasteiger partial charge in [-0.2, -0.15) is 0 Å². The zero-order valence-electron chi connectivity index (χ0n) is 11.4. The van der Waals surface area contributed by atoms with Crippen LogP contribution < -0.4 is 20.1 Å². The van der Waals surface area contributed by atoms with Crippen molar-refractivity contribution in [1.29, 1.82) is 0 Å². The molecule has 2 aliphatic heterocycles. The van der Waals surface area contributed by atoms with E-state index in [0.717, 1.165) is 0 Å². The molecule has 3 rings (SSSR count). The summed E-state index contributed by atoms with van der Waals surface area (Å²) in [6.07, 6.45) is -0.838. The largest absolute Gasteiger partial charge is 0.486 e. The van der Waals surface area contributed by atoms with Gasteiger partial charge in [0.2, 0.25) is 5.91 Å². The van der Waals surface area contributed by atoms with Crippen molar-refractivity contribution in [2.75, 3.05) is 32.8 Å². The Morgan fingerprint density at radius 3 is 2.90 bits per heavy atom. The summed E-state index contributed by atoms with van der Waals surface area (Å²) in [5, 5.41) is 16.4. The summed E-state index contributed by atoms with van der Waals surface area (Å²) >= 11 is 6.12. The van der Waals surface area contributed by atoms with Crippen LogP contribution in [0.3, 0.4) is 0 Å². The number of hydrogen-bond acceptors (Lipinski definition) is 5. The number of nitrogens with one attached hydrogen (secondary N) is 2. The van der Waals surface area contributed by atoms with Gasteiger partial charge in [0.05, 0.1) is 17.0 Å². The van der Waals surface area contributed by atoms with E-state index in [1.807, 2.05) is 0 Å². The number of carbonyl (C=O) groups is 1. The Bertz CT molecular complexity index is 548. The monoisotopic (exact) mass is 312 g/mol. The molecule has 1 aromatic rings. The number of fused-ring (bicyclic) bond motifs is 1. The van der Waals surface area contributed by atoms with Crippen molar-refractivity contribution in [3.63, 3.8) is 0 Å². The minimum absolute atomic E-state index is 0.000976. The molecule has 7 heteroatoms. The van der Waals surface area contributed by atoms with Gasteiger partial charge in [0, 0.05) is 19.6 Å². The van der Waals surface area contributed by atoms with Crippen LogP contribution in [0, 0.1) is 5.92 Å². The standard InChI is InChI=1S/C14H17ClN2O4/c15-10-3-8(4-12-13(10)21-2-1-20-12)11(18)7-17-14(19)9-5-16-6-9/h3-4,9,11,16,18H,1-2,5-7H2,(H,17,19). The molecule has 1 fully saturated rings. The highest BCUT2D eigenvalue weighted by molar-refractivity contribution is 6.32. The first-order valence-electron chi connectivity index (χ1n) is 6.90. The van der Waals surface area contributed by atoms with E-state index >= 15 is 0 Å². The molecule has 1 aromatic carbocycles. The first-order valence-corrected chi connectivity index (χ1v) is 7.28. The maximum Gasteiger partial charge on any atom is 0.225 e. The number of hydrogen-bond donors (Lipinski definition) is 3. The second kappa shape index (κ2) is 6.09. The molecular formula is C14H17ClN2O4. The van der Waals surface area contributed by atoms with E-state index in [2.05, 4.69) is 10.6 Å². The van der Waals surface area contributed by atoms with Crippen molar-refractivity contribution in [2.24, 2.45) is 5.92 Å². The molecule has 0 saturated carbocycles. The third-order valence-electron chi connectivity index (χ3n) is 3.63. The second-order valence-electron chi connectivity index (χ2n) is 5.14. The first-order chi connectivity index (χ1) is 10.1. The van der Waals surface area contributed by atoms with Crippen molar-refractivity contribution in [1.82, 2.24) is 10.6 Å². The lowest BCUT2D eigenvalue weighted by Crippen LogP contribution is -2.51. The van der Waals surface area contributed by atoms with E-state index in [9.17, 15) is 9.90 Å². The maximum absolute atomic E-state index is 11.7.